The number of piperidine rings is 1. The van der Waals surface area contributed by atoms with E-state index in [2.05, 4.69) is 92.8 Å². The fourth-order valence-corrected chi connectivity index (χ4v) is 6.06. The van der Waals surface area contributed by atoms with Gasteiger partial charge in [0, 0.05) is 71.4 Å². The van der Waals surface area contributed by atoms with Crippen molar-refractivity contribution in [3.05, 3.63) is 115 Å². The lowest BCUT2D eigenvalue weighted by Crippen LogP contribution is -2.29. The Hall–Kier alpha value is -4.48. The summed E-state index contributed by atoms with van der Waals surface area (Å²) in [6.45, 7) is 3.93. The molecule has 3 aromatic carbocycles. The minimum Gasteiger partial charge on any atom is -0.493 e. The Balaban J connectivity index is 1.11. The monoisotopic (exact) mass is 538 g/mol. The van der Waals surface area contributed by atoms with Gasteiger partial charge in [-0.2, -0.15) is 0 Å². The van der Waals surface area contributed by atoms with Gasteiger partial charge in [-0.05, 0) is 71.8 Å². The van der Waals surface area contributed by atoms with Crippen molar-refractivity contribution in [3.63, 3.8) is 0 Å². The van der Waals surface area contributed by atoms with Crippen LogP contribution in [0.15, 0.2) is 104 Å². The molecule has 4 heterocycles. The quantitative estimate of drug-likeness (QED) is 0.213. The highest BCUT2D eigenvalue weighted by Gasteiger charge is 2.15. The van der Waals surface area contributed by atoms with Crippen molar-refractivity contribution in [2.75, 3.05) is 19.7 Å². The zero-order valence-corrected chi connectivity index (χ0v) is 23.2. The summed E-state index contributed by atoms with van der Waals surface area (Å²) in [5.41, 5.74) is 8.29. The fourth-order valence-electron chi connectivity index (χ4n) is 6.06. The normalized spacial score (nSPS) is 14.0. The van der Waals surface area contributed by atoms with Gasteiger partial charge in [0.2, 0.25) is 0 Å². The van der Waals surface area contributed by atoms with E-state index in [1.807, 2.05) is 30.9 Å². The molecule has 41 heavy (non-hydrogen) atoms. The van der Waals surface area contributed by atoms with Gasteiger partial charge in [0.1, 0.15) is 5.75 Å². The molecule has 5 heteroatoms. The predicted octanol–water partition coefficient (Wildman–Crippen LogP) is 8.05. The van der Waals surface area contributed by atoms with E-state index < -0.39 is 0 Å². The Labute approximate surface area is 240 Å². The average Bonchev–Trinajstić information content (AvgIpc) is 3.46. The number of nitrogens with zero attached hydrogens (tertiary/aromatic N) is 3. The minimum atomic E-state index is 0.609. The number of ether oxygens (including phenoxy) is 1. The summed E-state index contributed by atoms with van der Waals surface area (Å²) < 4.78 is 6.56. The van der Waals surface area contributed by atoms with Gasteiger partial charge in [0.15, 0.2) is 0 Å². The van der Waals surface area contributed by atoms with Crippen molar-refractivity contribution in [3.8, 4) is 28.0 Å². The van der Waals surface area contributed by atoms with Crippen molar-refractivity contribution < 1.29 is 4.74 Å². The number of pyridine rings is 2. The summed E-state index contributed by atoms with van der Waals surface area (Å²) in [4.78, 5) is 14.7. The van der Waals surface area contributed by atoms with Crippen molar-refractivity contribution in [2.45, 2.75) is 32.2 Å². The van der Waals surface area contributed by atoms with Crippen molar-refractivity contribution >= 4 is 21.7 Å². The second-order valence-electron chi connectivity index (χ2n) is 11.0. The van der Waals surface area contributed by atoms with Crippen LogP contribution in [0.1, 0.15) is 30.4 Å². The van der Waals surface area contributed by atoms with Gasteiger partial charge in [-0.1, -0.05) is 61.0 Å². The van der Waals surface area contributed by atoms with Gasteiger partial charge in [-0.25, -0.2) is 0 Å². The third kappa shape index (κ3) is 5.46. The molecule has 0 bridgehead atoms. The summed E-state index contributed by atoms with van der Waals surface area (Å²) >= 11 is 0. The highest BCUT2D eigenvalue weighted by molar-refractivity contribution is 5.97. The van der Waals surface area contributed by atoms with E-state index in [1.54, 1.807) is 0 Å². The summed E-state index contributed by atoms with van der Waals surface area (Å²) in [6.07, 6.45) is 14.4. The van der Waals surface area contributed by atoms with Crippen LogP contribution in [0.5, 0.6) is 5.75 Å². The zero-order valence-electron chi connectivity index (χ0n) is 23.2. The smallest absolute Gasteiger partial charge is 0.127 e. The largest absolute Gasteiger partial charge is 0.493 e. The molecular weight excluding hydrogens is 504 g/mol. The maximum Gasteiger partial charge on any atom is 0.127 e. The molecule has 1 fully saturated rings. The lowest BCUT2D eigenvalue weighted by molar-refractivity contribution is 0.220. The molecule has 0 saturated carbocycles. The van der Waals surface area contributed by atoms with Crippen LogP contribution >= 0.6 is 0 Å². The first-order valence-electron chi connectivity index (χ1n) is 14.6. The highest BCUT2D eigenvalue weighted by atomic mass is 16.5. The molecule has 6 aromatic rings. The molecule has 0 aliphatic carbocycles. The van der Waals surface area contributed by atoms with Gasteiger partial charge < -0.3 is 9.72 Å². The standard InChI is InChI=1S/C36H34N4O/c1-2-18-40(19-3-1)25-27-9-12-31(33-24-39-35-14-17-38-23-34(33)35)36(21-27)41-20-15-26-7-10-29(11-8-26)30-6-4-5-28-13-16-37-22-32(28)30/h4-14,16-17,21-24,39H,1-3,15,18-20,25H2. The molecule has 1 aliphatic heterocycles. The van der Waals surface area contributed by atoms with E-state index in [9.17, 15) is 0 Å². The number of aromatic nitrogens is 3. The first kappa shape index (κ1) is 25.5. The van der Waals surface area contributed by atoms with E-state index in [0.717, 1.165) is 40.7 Å². The van der Waals surface area contributed by atoms with E-state index in [4.69, 9.17) is 4.74 Å². The summed E-state index contributed by atoms with van der Waals surface area (Å²) in [6, 6.07) is 26.1. The van der Waals surface area contributed by atoms with Crippen molar-refractivity contribution in [1.29, 1.82) is 0 Å². The van der Waals surface area contributed by atoms with E-state index in [0.29, 0.717) is 6.61 Å². The second kappa shape index (κ2) is 11.6. The molecule has 0 atom stereocenters. The molecule has 1 saturated heterocycles. The molecule has 5 nitrogen and oxygen atoms in total. The third-order valence-electron chi connectivity index (χ3n) is 8.27. The number of H-pyrrole nitrogens is 1. The van der Waals surface area contributed by atoms with Crippen molar-refractivity contribution in [1.82, 2.24) is 19.9 Å². The molecule has 204 valence electrons. The van der Waals surface area contributed by atoms with E-state index in [-0.39, 0.29) is 0 Å². The minimum absolute atomic E-state index is 0.609. The summed E-state index contributed by atoms with van der Waals surface area (Å²) in [7, 11) is 0. The Bertz CT molecular complexity index is 1780. The molecule has 1 N–H and O–H groups in total. The molecule has 3 aromatic heterocycles. The summed E-state index contributed by atoms with van der Waals surface area (Å²) in [5, 5.41) is 3.50. The summed E-state index contributed by atoms with van der Waals surface area (Å²) in [5.74, 6) is 0.934. The number of hydrogen-bond acceptors (Lipinski definition) is 4. The molecular formula is C36H34N4O. The van der Waals surface area contributed by atoms with Crippen LogP contribution in [0, 0.1) is 0 Å². The van der Waals surface area contributed by atoms with Crippen LogP contribution < -0.4 is 4.74 Å². The van der Waals surface area contributed by atoms with Crippen LogP contribution in [0.25, 0.3) is 43.9 Å². The lowest BCUT2D eigenvalue weighted by Gasteiger charge is -2.26. The average molecular weight is 539 g/mol. The Kier molecular flexibility index (Phi) is 7.18. The van der Waals surface area contributed by atoms with Gasteiger partial charge in [-0.15, -0.1) is 0 Å². The maximum atomic E-state index is 6.56. The number of likely N-dealkylation sites (tertiary alicyclic amines) is 1. The SMILES string of the molecule is c1cc(-c2ccc(CCOc3cc(CN4CCCCC4)ccc3-c3c[nH]c4ccncc34)cc2)c2cnccc2c1. The number of nitrogens with one attached hydrogen (secondary N) is 1. The number of aromatic amines is 1. The second-order valence-corrected chi connectivity index (χ2v) is 11.0. The molecule has 7 rings (SSSR count). The zero-order chi connectivity index (χ0) is 27.4. The fraction of sp³-hybridized carbons (Fsp3) is 0.222. The van der Waals surface area contributed by atoms with Gasteiger partial charge in [-0.3, -0.25) is 14.9 Å². The molecule has 0 spiro atoms. The predicted molar refractivity (Wildman–Crippen MR) is 167 cm³/mol. The number of rotatable bonds is 8. The van der Waals surface area contributed by atoms with Gasteiger partial charge >= 0.3 is 0 Å². The van der Waals surface area contributed by atoms with Crippen LogP contribution in [-0.4, -0.2) is 39.5 Å². The third-order valence-corrected chi connectivity index (χ3v) is 8.27. The van der Waals surface area contributed by atoms with Crippen LogP contribution in [0.2, 0.25) is 0 Å². The number of hydrogen-bond donors (Lipinski definition) is 1. The first-order valence-corrected chi connectivity index (χ1v) is 14.6. The topological polar surface area (TPSA) is 54.0 Å². The van der Waals surface area contributed by atoms with Crippen LogP contribution in [-0.2, 0) is 13.0 Å². The van der Waals surface area contributed by atoms with Crippen LogP contribution in [0.3, 0.4) is 0 Å². The Morgan fingerprint density at radius 3 is 2.41 bits per heavy atom. The first-order chi connectivity index (χ1) is 20.3. The Morgan fingerprint density at radius 2 is 1.54 bits per heavy atom. The molecule has 1 aliphatic rings. The molecule has 0 unspecified atom stereocenters. The maximum absolute atomic E-state index is 6.56. The lowest BCUT2D eigenvalue weighted by atomic mass is 9.98. The number of benzene rings is 3. The van der Waals surface area contributed by atoms with E-state index >= 15 is 0 Å². The van der Waals surface area contributed by atoms with Crippen molar-refractivity contribution in [2.24, 2.45) is 0 Å². The Morgan fingerprint density at radius 1 is 0.732 bits per heavy atom. The van der Waals surface area contributed by atoms with Gasteiger partial charge in [0.05, 0.1) is 6.61 Å². The van der Waals surface area contributed by atoms with Crippen LogP contribution in [0.4, 0.5) is 0 Å². The van der Waals surface area contributed by atoms with Gasteiger partial charge in [0.25, 0.3) is 0 Å². The highest BCUT2D eigenvalue weighted by Crippen LogP contribution is 2.36. The number of fused-ring (bicyclic) bond motifs is 2. The molecule has 0 radical (unpaired) electrons. The van der Waals surface area contributed by atoms with E-state index in [1.165, 1.54) is 65.4 Å². The molecule has 0 amide bonds.